The molecule has 2 aromatic rings. The monoisotopic (exact) mass is 486 g/mol. The quantitative estimate of drug-likeness (QED) is 0.654. The fourth-order valence-electron chi connectivity index (χ4n) is 4.99. The summed E-state index contributed by atoms with van der Waals surface area (Å²) in [5, 5.41) is 2.86. The SMILES string of the molecule is C[C@]1(c2ccc3c(c2)CCC3)NC(=O)N(CN2CCN(S(=O)(=O)c3cccc(F)c3)CC2)C1=O. The Morgan fingerprint density at radius 3 is 2.47 bits per heavy atom. The Balaban J connectivity index is 1.25. The maximum atomic E-state index is 13.5. The van der Waals surface area contributed by atoms with Crippen LogP contribution in [0.5, 0.6) is 0 Å². The van der Waals surface area contributed by atoms with Gasteiger partial charge in [0.1, 0.15) is 11.4 Å². The first-order valence-corrected chi connectivity index (χ1v) is 12.9. The fraction of sp³-hybridized carbons (Fsp3) is 0.417. The molecule has 3 aliphatic rings. The molecule has 10 heteroatoms. The number of halogens is 1. The Bertz CT molecular complexity index is 1260. The van der Waals surface area contributed by atoms with Gasteiger partial charge in [-0.05, 0) is 61.1 Å². The van der Waals surface area contributed by atoms with Crippen molar-refractivity contribution in [3.05, 3.63) is 65.0 Å². The number of hydrogen-bond donors (Lipinski definition) is 1. The van der Waals surface area contributed by atoms with Crippen LogP contribution in [-0.2, 0) is 33.2 Å². The Morgan fingerprint density at radius 2 is 1.74 bits per heavy atom. The smallest absolute Gasteiger partial charge is 0.319 e. The van der Waals surface area contributed by atoms with Crippen LogP contribution in [0.25, 0.3) is 0 Å². The van der Waals surface area contributed by atoms with Crippen molar-refractivity contribution < 1.29 is 22.4 Å². The van der Waals surface area contributed by atoms with E-state index in [4.69, 9.17) is 0 Å². The minimum atomic E-state index is -3.81. The number of imide groups is 1. The Kier molecular flexibility index (Phi) is 5.70. The zero-order valence-electron chi connectivity index (χ0n) is 19.0. The first-order chi connectivity index (χ1) is 16.2. The van der Waals surface area contributed by atoms with Gasteiger partial charge in [-0.1, -0.05) is 24.3 Å². The predicted octanol–water partition coefficient (Wildman–Crippen LogP) is 2.05. The highest BCUT2D eigenvalue weighted by atomic mass is 32.2. The van der Waals surface area contributed by atoms with E-state index in [2.05, 4.69) is 5.32 Å². The molecular weight excluding hydrogens is 459 g/mol. The lowest BCUT2D eigenvalue weighted by Crippen LogP contribution is -2.52. The van der Waals surface area contributed by atoms with Crippen LogP contribution in [-0.4, -0.2) is 67.3 Å². The summed E-state index contributed by atoms with van der Waals surface area (Å²) in [4.78, 5) is 29.1. The van der Waals surface area contributed by atoms with Crippen LogP contribution in [0.4, 0.5) is 9.18 Å². The molecule has 0 unspecified atom stereocenters. The molecule has 2 aromatic carbocycles. The second-order valence-corrected chi connectivity index (χ2v) is 11.2. The number of carbonyl (C=O) groups excluding carboxylic acids is 2. The molecule has 2 aliphatic heterocycles. The predicted molar refractivity (Wildman–Crippen MR) is 123 cm³/mol. The van der Waals surface area contributed by atoms with E-state index in [0.717, 1.165) is 30.9 Å². The van der Waals surface area contributed by atoms with Crippen molar-refractivity contribution in [1.29, 1.82) is 0 Å². The molecule has 0 spiro atoms. The first-order valence-electron chi connectivity index (χ1n) is 11.4. The summed E-state index contributed by atoms with van der Waals surface area (Å²) in [5.74, 6) is -0.921. The fourth-order valence-corrected chi connectivity index (χ4v) is 6.45. The number of amides is 3. The van der Waals surface area contributed by atoms with E-state index in [9.17, 15) is 22.4 Å². The highest BCUT2D eigenvalue weighted by Gasteiger charge is 2.49. The molecule has 0 bridgehead atoms. The molecule has 180 valence electrons. The highest BCUT2D eigenvalue weighted by molar-refractivity contribution is 7.89. The van der Waals surface area contributed by atoms with Gasteiger partial charge in [-0.3, -0.25) is 9.69 Å². The molecule has 34 heavy (non-hydrogen) atoms. The van der Waals surface area contributed by atoms with Gasteiger partial charge in [-0.2, -0.15) is 4.31 Å². The molecule has 0 aromatic heterocycles. The average molecular weight is 487 g/mol. The second-order valence-electron chi connectivity index (χ2n) is 9.25. The molecule has 2 heterocycles. The summed E-state index contributed by atoms with van der Waals surface area (Å²) in [6, 6.07) is 10.5. The summed E-state index contributed by atoms with van der Waals surface area (Å²) in [7, 11) is -3.81. The molecule has 2 saturated heterocycles. The number of benzene rings is 2. The number of hydrogen-bond acceptors (Lipinski definition) is 5. The number of sulfonamides is 1. The van der Waals surface area contributed by atoms with Crippen molar-refractivity contribution in [3.63, 3.8) is 0 Å². The number of piperazine rings is 1. The van der Waals surface area contributed by atoms with Gasteiger partial charge < -0.3 is 5.32 Å². The Morgan fingerprint density at radius 1 is 1.00 bits per heavy atom. The van der Waals surface area contributed by atoms with Crippen molar-refractivity contribution in [2.75, 3.05) is 32.8 Å². The molecular formula is C24H27FN4O4S. The third kappa shape index (κ3) is 3.89. The summed E-state index contributed by atoms with van der Waals surface area (Å²) in [6.07, 6.45) is 3.12. The largest absolute Gasteiger partial charge is 0.326 e. The topological polar surface area (TPSA) is 90.0 Å². The van der Waals surface area contributed by atoms with Gasteiger partial charge in [0, 0.05) is 26.2 Å². The van der Waals surface area contributed by atoms with E-state index in [-0.39, 0.29) is 30.6 Å². The molecule has 0 radical (unpaired) electrons. The van der Waals surface area contributed by atoms with Gasteiger partial charge in [0.25, 0.3) is 5.91 Å². The Labute approximate surface area is 198 Å². The maximum absolute atomic E-state index is 13.5. The number of nitrogens with one attached hydrogen (secondary N) is 1. The van der Waals surface area contributed by atoms with E-state index < -0.39 is 27.4 Å². The summed E-state index contributed by atoms with van der Waals surface area (Å²) < 4.78 is 40.5. The van der Waals surface area contributed by atoms with Gasteiger partial charge in [-0.25, -0.2) is 22.5 Å². The van der Waals surface area contributed by atoms with Crippen molar-refractivity contribution in [3.8, 4) is 0 Å². The lowest BCUT2D eigenvalue weighted by Gasteiger charge is -2.35. The van der Waals surface area contributed by atoms with Crippen LogP contribution < -0.4 is 5.32 Å². The number of carbonyl (C=O) groups is 2. The van der Waals surface area contributed by atoms with Gasteiger partial charge in [0.2, 0.25) is 10.0 Å². The molecule has 2 fully saturated rings. The lowest BCUT2D eigenvalue weighted by atomic mass is 9.90. The maximum Gasteiger partial charge on any atom is 0.326 e. The first kappa shape index (κ1) is 22.9. The summed E-state index contributed by atoms with van der Waals surface area (Å²) in [6.45, 7) is 2.88. The lowest BCUT2D eigenvalue weighted by molar-refractivity contribution is -0.132. The van der Waals surface area contributed by atoms with E-state index in [0.29, 0.717) is 13.1 Å². The van der Waals surface area contributed by atoms with Gasteiger partial charge in [-0.15, -0.1) is 0 Å². The van der Waals surface area contributed by atoms with E-state index in [1.807, 2.05) is 23.1 Å². The minimum absolute atomic E-state index is 0.0824. The van der Waals surface area contributed by atoms with Crippen LogP contribution in [0, 0.1) is 5.82 Å². The molecule has 5 rings (SSSR count). The van der Waals surface area contributed by atoms with Crippen LogP contribution in [0.1, 0.15) is 30.0 Å². The third-order valence-corrected chi connectivity index (χ3v) is 8.95. The molecule has 3 amide bonds. The molecule has 0 saturated carbocycles. The molecule has 1 aliphatic carbocycles. The zero-order chi connectivity index (χ0) is 24.1. The average Bonchev–Trinajstić information content (AvgIpc) is 3.38. The van der Waals surface area contributed by atoms with Crippen molar-refractivity contribution in [1.82, 2.24) is 19.4 Å². The normalized spacial score (nSPS) is 23.9. The van der Waals surface area contributed by atoms with E-state index in [1.165, 1.54) is 38.5 Å². The highest BCUT2D eigenvalue weighted by Crippen LogP contribution is 2.33. The van der Waals surface area contributed by atoms with Crippen LogP contribution in [0.15, 0.2) is 47.4 Å². The molecule has 8 nitrogen and oxygen atoms in total. The van der Waals surface area contributed by atoms with Crippen LogP contribution >= 0.6 is 0 Å². The van der Waals surface area contributed by atoms with Crippen LogP contribution in [0.2, 0.25) is 0 Å². The van der Waals surface area contributed by atoms with Gasteiger partial charge in [0.05, 0.1) is 11.6 Å². The number of urea groups is 1. The molecule has 1 atom stereocenters. The number of rotatable bonds is 5. The summed E-state index contributed by atoms with van der Waals surface area (Å²) >= 11 is 0. The number of aryl methyl sites for hydroxylation is 2. The number of nitrogens with zero attached hydrogens (tertiary/aromatic N) is 3. The third-order valence-electron chi connectivity index (χ3n) is 7.06. The van der Waals surface area contributed by atoms with Crippen LogP contribution in [0.3, 0.4) is 0 Å². The van der Waals surface area contributed by atoms with Crippen molar-refractivity contribution >= 4 is 22.0 Å². The minimum Gasteiger partial charge on any atom is -0.319 e. The van der Waals surface area contributed by atoms with Crippen molar-refractivity contribution in [2.45, 2.75) is 36.6 Å². The van der Waals surface area contributed by atoms with Crippen molar-refractivity contribution in [2.24, 2.45) is 0 Å². The van der Waals surface area contributed by atoms with E-state index >= 15 is 0 Å². The summed E-state index contributed by atoms with van der Waals surface area (Å²) in [5.41, 5.74) is 2.18. The second kappa shape index (κ2) is 8.44. The zero-order valence-corrected chi connectivity index (χ0v) is 19.8. The van der Waals surface area contributed by atoms with Gasteiger partial charge in [0.15, 0.2) is 0 Å². The Hall–Kier alpha value is -2.82. The number of fused-ring (bicyclic) bond motifs is 1. The standard InChI is InChI=1S/C24H27FN4O4S/c1-24(19-9-8-17-4-2-5-18(17)14-19)22(30)29(23(31)26-24)16-27-10-12-28(13-11-27)34(32,33)21-7-3-6-20(25)15-21/h3,6-9,14-15H,2,4-5,10-13,16H2,1H3,(H,26,31)/t24-/m1/s1. The molecule has 1 N–H and O–H groups in total. The van der Waals surface area contributed by atoms with Gasteiger partial charge >= 0.3 is 6.03 Å². The van der Waals surface area contributed by atoms with E-state index in [1.54, 1.807) is 6.92 Å².